The predicted octanol–water partition coefficient (Wildman–Crippen LogP) is 5.21. The van der Waals surface area contributed by atoms with Crippen molar-refractivity contribution < 1.29 is 15.1 Å². The Morgan fingerprint density at radius 2 is 1.93 bits per heavy atom. The van der Waals surface area contributed by atoms with Crippen LogP contribution in [-0.4, -0.2) is 21.2 Å². The third kappa shape index (κ3) is 2.95. The number of phenolic OH excluding ortho intramolecular Hbond substituents is 1. The molecular weight excluding hydrogens is 378 g/mol. The second-order valence-corrected chi connectivity index (χ2v) is 9.52. The molecule has 30 heavy (non-hydrogen) atoms. The third-order valence-corrected chi connectivity index (χ3v) is 8.04. The molecule has 0 saturated heterocycles. The van der Waals surface area contributed by atoms with Crippen molar-refractivity contribution in [1.82, 2.24) is 0 Å². The van der Waals surface area contributed by atoms with Gasteiger partial charge in [0.05, 0.1) is 11.0 Å². The minimum atomic E-state index is -0.472. The van der Waals surface area contributed by atoms with E-state index in [1.54, 1.807) is 18.2 Å². The standard InChI is InChI=1S/C25H27NO4/c1-25-11-10-21-20-9-7-19(27)13-16(20)4-8-22(21)23(25)14-17(24(25)28)12-15-2-5-18(6-3-15)26(29)30/h2-3,5-7,9,12-13,21-24,27-28H,4,8,10-11,14H2,1H3/b17-12+. The van der Waals surface area contributed by atoms with Gasteiger partial charge in [-0.25, -0.2) is 0 Å². The summed E-state index contributed by atoms with van der Waals surface area (Å²) in [6.45, 7) is 2.24. The van der Waals surface area contributed by atoms with Crippen molar-refractivity contribution in [1.29, 1.82) is 0 Å². The molecule has 0 amide bonds. The number of nitro benzene ring substituents is 1. The number of aryl methyl sites for hydroxylation is 1. The van der Waals surface area contributed by atoms with E-state index < -0.39 is 11.0 Å². The summed E-state index contributed by atoms with van der Waals surface area (Å²) in [6.07, 6.45) is 6.56. The van der Waals surface area contributed by atoms with Gasteiger partial charge in [-0.2, -0.15) is 0 Å². The van der Waals surface area contributed by atoms with Crippen LogP contribution >= 0.6 is 0 Å². The molecule has 5 nitrogen and oxygen atoms in total. The van der Waals surface area contributed by atoms with Crippen molar-refractivity contribution in [2.24, 2.45) is 17.3 Å². The lowest BCUT2D eigenvalue weighted by Crippen LogP contribution is -2.44. The summed E-state index contributed by atoms with van der Waals surface area (Å²) in [4.78, 5) is 10.5. The maximum Gasteiger partial charge on any atom is 0.269 e. The molecule has 3 aliphatic rings. The number of aliphatic hydroxyl groups excluding tert-OH is 1. The van der Waals surface area contributed by atoms with Crippen LogP contribution in [0.4, 0.5) is 5.69 Å². The Bertz CT molecular complexity index is 1030. The first kappa shape index (κ1) is 19.3. The van der Waals surface area contributed by atoms with E-state index in [2.05, 4.69) is 13.0 Å². The molecule has 156 valence electrons. The highest BCUT2D eigenvalue weighted by Gasteiger charge is 2.56. The van der Waals surface area contributed by atoms with Gasteiger partial charge in [0.25, 0.3) is 5.69 Å². The zero-order chi connectivity index (χ0) is 21.0. The molecule has 2 aromatic carbocycles. The van der Waals surface area contributed by atoms with E-state index in [9.17, 15) is 20.3 Å². The topological polar surface area (TPSA) is 83.6 Å². The van der Waals surface area contributed by atoms with Gasteiger partial charge in [-0.1, -0.05) is 19.1 Å². The average molecular weight is 405 g/mol. The minimum absolute atomic E-state index is 0.0829. The predicted molar refractivity (Wildman–Crippen MR) is 115 cm³/mol. The molecule has 3 aliphatic carbocycles. The number of phenols is 1. The smallest absolute Gasteiger partial charge is 0.269 e. The fourth-order valence-corrected chi connectivity index (χ4v) is 6.47. The molecule has 5 rings (SSSR count). The van der Waals surface area contributed by atoms with Crippen LogP contribution < -0.4 is 0 Å². The van der Waals surface area contributed by atoms with Crippen molar-refractivity contribution in [3.05, 3.63) is 74.8 Å². The van der Waals surface area contributed by atoms with Crippen LogP contribution in [-0.2, 0) is 6.42 Å². The molecule has 0 bridgehead atoms. The first-order valence-corrected chi connectivity index (χ1v) is 10.8. The van der Waals surface area contributed by atoms with Crippen molar-refractivity contribution >= 4 is 11.8 Å². The normalized spacial score (nSPS) is 33.6. The Morgan fingerprint density at radius 1 is 1.17 bits per heavy atom. The van der Waals surface area contributed by atoms with Crippen molar-refractivity contribution in [3.8, 4) is 5.75 Å². The van der Waals surface area contributed by atoms with E-state index in [0.29, 0.717) is 23.5 Å². The Balaban J connectivity index is 1.44. The molecule has 5 heteroatoms. The summed E-state index contributed by atoms with van der Waals surface area (Å²) in [5.74, 6) is 1.81. The molecule has 2 fully saturated rings. The number of nitrogens with zero attached hydrogens (tertiary/aromatic N) is 1. The zero-order valence-corrected chi connectivity index (χ0v) is 17.1. The van der Waals surface area contributed by atoms with Gasteiger partial charge < -0.3 is 10.2 Å². The van der Waals surface area contributed by atoms with Gasteiger partial charge in [0.15, 0.2) is 0 Å². The highest BCUT2D eigenvalue weighted by Crippen LogP contribution is 2.62. The first-order chi connectivity index (χ1) is 14.4. The summed E-state index contributed by atoms with van der Waals surface area (Å²) in [6, 6.07) is 12.4. The van der Waals surface area contributed by atoms with Gasteiger partial charge >= 0.3 is 0 Å². The van der Waals surface area contributed by atoms with Crippen LogP contribution in [0, 0.1) is 27.4 Å². The molecule has 0 spiro atoms. The lowest BCUT2D eigenvalue weighted by molar-refractivity contribution is -0.384. The second-order valence-electron chi connectivity index (χ2n) is 9.52. The van der Waals surface area contributed by atoms with Gasteiger partial charge in [-0.15, -0.1) is 0 Å². The van der Waals surface area contributed by atoms with Crippen molar-refractivity contribution in [2.75, 3.05) is 0 Å². The number of nitro groups is 1. The van der Waals surface area contributed by atoms with Gasteiger partial charge in [0.2, 0.25) is 0 Å². The fraction of sp³-hybridized carbons (Fsp3) is 0.440. The number of fused-ring (bicyclic) bond motifs is 5. The number of rotatable bonds is 2. The molecular formula is C25H27NO4. The third-order valence-electron chi connectivity index (χ3n) is 8.04. The number of aromatic hydroxyl groups is 1. The number of aliphatic hydroxyl groups is 1. The summed E-state index contributed by atoms with van der Waals surface area (Å²) in [7, 11) is 0. The van der Waals surface area contributed by atoms with E-state index in [-0.39, 0.29) is 11.1 Å². The summed E-state index contributed by atoms with van der Waals surface area (Å²) in [5.41, 5.74) is 4.57. The molecule has 2 saturated carbocycles. The second kappa shape index (κ2) is 6.95. The fourth-order valence-electron chi connectivity index (χ4n) is 6.47. The molecule has 2 N–H and O–H groups in total. The maximum absolute atomic E-state index is 11.3. The quantitative estimate of drug-likeness (QED) is 0.531. The Hall–Kier alpha value is -2.66. The van der Waals surface area contributed by atoms with E-state index in [1.165, 1.54) is 23.3 Å². The van der Waals surface area contributed by atoms with Crippen LogP contribution in [0.15, 0.2) is 48.0 Å². The summed E-state index contributed by atoms with van der Waals surface area (Å²) < 4.78 is 0. The number of hydrogen-bond donors (Lipinski definition) is 2. The van der Waals surface area contributed by atoms with E-state index in [4.69, 9.17) is 0 Å². The highest BCUT2D eigenvalue weighted by molar-refractivity contribution is 5.57. The number of benzene rings is 2. The van der Waals surface area contributed by atoms with Crippen LogP contribution in [0.1, 0.15) is 55.2 Å². The van der Waals surface area contributed by atoms with Crippen molar-refractivity contribution in [3.63, 3.8) is 0 Å². The Kier molecular flexibility index (Phi) is 4.47. The number of non-ortho nitro benzene ring substituents is 1. The Labute approximate surface area is 176 Å². The monoisotopic (exact) mass is 405 g/mol. The number of hydrogen-bond acceptors (Lipinski definition) is 4. The molecule has 0 aromatic heterocycles. The van der Waals surface area contributed by atoms with Crippen LogP contribution in [0.2, 0.25) is 0 Å². The molecule has 2 aromatic rings. The van der Waals surface area contributed by atoms with Gasteiger partial charge in [0, 0.05) is 17.5 Å². The largest absolute Gasteiger partial charge is 0.508 e. The maximum atomic E-state index is 11.3. The lowest BCUT2D eigenvalue weighted by Gasteiger charge is -2.49. The molecule has 5 unspecified atom stereocenters. The summed E-state index contributed by atoms with van der Waals surface area (Å²) >= 11 is 0. The minimum Gasteiger partial charge on any atom is -0.508 e. The van der Waals surface area contributed by atoms with E-state index in [0.717, 1.165) is 43.2 Å². The van der Waals surface area contributed by atoms with Crippen molar-refractivity contribution in [2.45, 2.75) is 51.0 Å². The molecule has 0 aliphatic heterocycles. The van der Waals surface area contributed by atoms with E-state index in [1.807, 2.05) is 12.1 Å². The molecule has 5 atom stereocenters. The van der Waals surface area contributed by atoms with E-state index >= 15 is 0 Å². The lowest BCUT2D eigenvalue weighted by atomic mass is 9.55. The van der Waals surface area contributed by atoms with Crippen LogP contribution in [0.3, 0.4) is 0 Å². The first-order valence-electron chi connectivity index (χ1n) is 10.8. The highest BCUT2D eigenvalue weighted by atomic mass is 16.6. The SMILES string of the molecule is CC12CCC3c4ccc(O)cc4CCC3C1C/C(=C\c1ccc([N+](=O)[O-])cc1)C2O. The molecule has 0 radical (unpaired) electrons. The van der Waals surface area contributed by atoms with Crippen LogP contribution in [0.25, 0.3) is 6.08 Å². The summed E-state index contributed by atoms with van der Waals surface area (Å²) in [5, 5.41) is 32.0. The average Bonchev–Trinajstić information content (AvgIpc) is 2.98. The van der Waals surface area contributed by atoms with Crippen LogP contribution in [0.5, 0.6) is 5.75 Å². The van der Waals surface area contributed by atoms with Gasteiger partial charge in [-0.05, 0) is 96.4 Å². The Morgan fingerprint density at radius 3 is 2.67 bits per heavy atom. The zero-order valence-electron chi connectivity index (χ0n) is 17.1. The van der Waals surface area contributed by atoms with Gasteiger partial charge in [-0.3, -0.25) is 10.1 Å². The van der Waals surface area contributed by atoms with Gasteiger partial charge in [0.1, 0.15) is 5.75 Å². The molecule has 0 heterocycles.